The first-order valence-electron chi connectivity index (χ1n) is 20.8. The molecule has 13 nitrogen and oxygen atoms in total. The predicted molar refractivity (Wildman–Crippen MR) is 213 cm³/mol. The summed E-state index contributed by atoms with van der Waals surface area (Å²) in [6.45, 7) is 11.5. The normalized spacial score (nSPS) is 19.7. The molecule has 3 fully saturated rings. The summed E-state index contributed by atoms with van der Waals surface area (Å²) in [5.41, 5.74) is 4.87. The van der Waals surface area contributed by atoms with E-state index in [0.29, 0.717) is 44.7 Å². The van der Waals surface area contributed by atoms with Crippen LogP contribution in [0.5, 0.6) is 0 Å². The van der Waals surface area contributed by atoms with Crippen molar-refractivity contribution in [3.63, 3.8) is 0 Å². The second-order valence-electron chi connectivity index (χ2n) is 18.0. The maximum absolute atomic E-state index is 12.8. The van der Waals surface area contributed by atoms with Crippen LogP contribution in [-0.4, -0.2) is 78.1 Å². The molecule has 3 rings (SSSR count). The number of carboxylic acid groups (broad SMARTS) is 1. The van der Waals surface area contributed by atoms with E-state index in [2.05, 4.69) is 5.16 Å². The van der Waals surface area contributed by atoms with Gasteiger partial charge < -0.3 is 25.2 Å². The van der Waals surface area contributed by atoms with Crippen LogP contribution in [0.25, 0.3) is 0 Å². The second-order valence-corrected chi connectivity index (χ2v) is 20.0. The van der Waals surface area contributed by atoms with Gasteiger partial charge in [-0.2, -0.15) is 0 Å². The van der Waals surface area contributed by atoms with Crippen LogP contribution >= 0.6 is 0 Å². The third kappa shape index (κ3) is 21.4. The molecule has 0 radical (unpaired) electrons. The number of ether oxygens (including phenoxy) is 2. The molecule has 2 aliphatic carbocycles. The maximum atomic E-state index is 12.8. The Bertz CT molecular complexity index is 1330. The van der Waals surface area contributed by atoms with Crippen molar-refractivity contribution in [3.05, 3.63) is 0 Å². The maximum Gasteiger partial charge on any atom is 0.338 e. The summed E-state index contributed by atoms with van der Waals surface area (Å²) in [5.74, 6) is -2.07. The number of piperidine rings is 1. The van der Waals surface area contributed by atoms with Gasteiger partial charge in [0.15, 0.2) is 0 Å². The lowest BCUT2D eigenvalue weighted by atomic mass is 9.84. The van der Waals surface area contributed by atoms with Gasteiger partial charge in [0.1, 0.15) is 17.0 Å². The Kier molecular flexibility index (Phi) is 20.7. The predicted octanol–water partition coefficient (Wildman–Crippen LogP) is 7.74. The lowest BCUT2D eigenvalue weighted by Gasteiger charge is -2.29. The zero-order chi connectivity index (χ0) is 41.2. The molecule has 3 N–H and O–H groups in total. The van der Waals surface area contributed by atoms with E-state index >= 15 is 0 Å². The number of carbonyl (C=O) groups excluding carboxylic acids is 3. The van der Waals surface area contributed by atoms with Crippen molar-refractivity contribution in [3.8, 4) is 0 Å². The smallest absolute Gasteiger partial charge is 0.338 e. The molecule has 0 aromatic carbocycles. The van der Waals surface area contributed by atoms with E-state index < -0.39 is 56.9 Å². The van der Waals surface area contributed by atoms with Gasteiger partial charge in [0, 0.05) is 19.0 Å². The van der Waals surface area contributed by atoms with E-state index in [9.17, 15) is 32.7 Å². The molecule has 1 saturated heterocycles. The highest BCUT2D eigenvalue weighted by Crippen LogP contribution is 2.31. The first kappa shape index (κ1) is 48.4. The largest absolute Gasteiger partial charge is 0.481 e. The third-order valence-electron chi connectivity index (χ3n) is 10.7. The van der Waals surface area contributed by atoms with E-state index in [-0.39, 0.29) is 24.6 Å². The number of nitrogens with zero attached hydrogens (tertiary/aromatic N) is 2. The summed E-state index contributed by atoms with van der Waals surface area (Å²) in [6, 6.07) is 0. The van der Waals surface area contributed by atoms with Gasteiger partial charge in [-0.3, -0.25) is 14.4 Å². The van der Waals surface area contributed by atoms with Crippen molar-refractivity contribution in [1.82, 2.24) is 4.31 Å². The van der Waals surface area contributed by atoms with Gasteiger partial charge in [0.05, 0.1) is 30.9 Å². The molecule has 2 saturated carbocycles. The number of amidine groups is 1. The van der Waals surface area contributed by atoms with Crippen LogP contribution < -0.4 is 5.73 Å². The number of rotatable bonds is 17. The average Bonchev–Trinajstić information content (AvgIpc) is 3.09. The number of esters is 2. The molecule has 0 aromatic rings. The van der Waals surface area contributed by atoms with Gasteiger partial charge >= 0.3 is 23.9 Å². The number of aliphatic carboxylic acids is 1. The van der Waals surface area contributed by atoms with Crippen LogP contribution in [0.3, 0.4) is 0 Å². The lowest BCUT2D eigenvalue weighted by Crippen LogP contribution is -2.41. The molecule has 3 aliphatic rings. The van der Waals surface area contributed by atoms with Crippen LogP contribution in [0.2, 0.25) is 0 Å². The molecular formula is C41H73N3O10S. The standard InChI is InChI=1S/C24H43N3O6S.C17H30O4/c1-24(2,3)32-21(28)17-20(12-8-11-18-9-6-5-7-10-18)23(29)33-26-22(25)19-13-15-27(16-14-19)34(4,30)31;1-17(2,3)21-15(18)12-14(16(19)20)11-7-10-13-8-5-4-6-9-13/h18-20H,5-17H2,1-4H3,(H2,25,26);13-14H,4-12H2,1-3H3,(H,19,20)/t20-;14-/m11/s1. The number of oxime groups is 1. The fraction of sp³-hybridized carbons (Fsp3) is 0.878. The molecule has 318 valence electrons. The SMILES string of the molecule is CC(C)(C)OC(=O)C[C@@H](CCCC1CCCCC1)C(=O)O.CC(C)(C)OC(=O)C[C@@H](CCCC1CCCCC1)C(=O)O/N=C(\N)C1CCN(S(C)(=O)=O)CC1. The Labute approximate surface area is 331 Å². The minimum Gasteiger partial charge on any atom is -0.481 e. The Hall–Kier alpha value is -2.74. The van der Waals surface area contributed by atoms with Crippen LogP contribution in [0, 0.1) is 29.6 Å². The molecule has 2 atom stereocenters. The van der Waals surface area contributed by atoms with E-state index in [4.69, 9.17) is 20.0 Å². The van der Waals surface area contributed by atoms with Gasteiger partial charge in [0.2, 0.25) is 10.0 Å². The Morgan fingerprint density at radius 1 is 0.727 bits per heavy atom. The molecule has 1 heterocycles. The monoisotopic (exact) mass is 800 g/mol. The summed E-state index contributed by atoms with van der Waals surface area (Å²) < 4.78 is 35.4. The Morgan fingerprint density at radius 3 is 1.55 bits per heavy atom. The molecule has 0 spiro atoms. The van der Waals surface area contributed by atoms with Crippen molar-refractivity contribution in [1.29, 1.82) is 0 Å². The van der Waals surface area contributed by atoms with Gasteiger partial charge in [-0.15, -0.1) is 0 Å². The summed E-state index contributed by atoms with van der Waals surface area (Å²) in [6.07, 6.45) is 20.0. The zero-order valence-corrected chi connectivity index (χ0v) is 35.8. The van der Waals surface area contributed by atoms with Crippen LogP contribution in [-0.2, 0) is 43.5 Å². The molecule has 0 bridgehead atoms. The summed E-state index contributed by atoms with van der Waals surface area (Å²) in [4.78, 5) is 53.4. The molecule has 0 amide bonds. The third-order valence-corrected chi connectivity index (χ3v) is 12.0. The summed E-state index contributed by atoms with van der Waals surface area (Å²) >= 11 is 0. The van der Waals surface area contributed by atoms with Crippen molar-refractivity contribution >= 4 is 39.7 Å². The zero-order valence-electron chi connectivity index (χ0n) is 34.9. The van der Waals surface area contributed by atoms with Gasteiger partial charge in [-0.25, -0.2) is 17.5 Å². The van der Waals surface area contributed by atoms with Gasteiger partial charge in [0.25, 0.3) is 0 Å². The van der Waals surface area contributed by atoms with E-state index in [0.717, 1.165) is 31.6 Å². The van der Waals surface area contributed by atoms with Crippen molar-refractivity contribution < 1.29 is 47.0 Å². The van der Waals surface area contributed by atoms with Crippen molar-refractivity contribution in [2.45, 2.75) is 181 Å². The van der Waals surface area contributed by atoms with E-state index in [1.165, 1.54) is 74.8 Å². The highest BCUT2D eigenvalue weighted by atomic mass is 32.2. The van der Waals surface area contributed by atoms with Crippen molar-refractivity contribution in [2.75, 3.05) is 19.3 Å². The molecule has 55 heavy (non-hydrogen) atoms. The Morgan fingerprint density at radius 2 is 1.15 bits per heavy atom. The minimum absolute atomic E-state index is 0.0166. The molecule has 14 heteroatoms. The number of hydrogen-bond donors (Lipinski definition) is 2. The average molecular weight is 800 g/mol. The van der Waals surface area contributed by atoms with Gasteiger partial charge in [-0.05, 0) is 79.1 Å². The van der Waals surface area contributed by atoms with Crippen LogP contribution in [0.15, 0.2) is 5.16 Å². The quantitative estimate of drug-likeness (QED) is 0.0481. The number of carboxylic acids is 1. The van der Waals surface area contributed by atoms with Crippen LogP contribution in [0.1, 0.15) is 170 Å². The topological polar surface area (TPSA) is 192 Å². The highest BCUT2D eigenvalue weighted by molar-refractivity contribution is 7.88. The fourth-order valence-electron chi connectivity index (χ4n) is 7.77. The number of carbonyl (C=O) groups is 4. The summed E-state index contributed by atoms with van der Waals surface area (Å²) in [7, 11) is -3.23. The Balaban J connectivity index is 0.000000426. The van der Waals surface area contributed by atoms with Crippen molar-refractivity contribution in [2.24, 2.45) is 40.5 Å². The fourth-order valence-corrected chi connectivity index (χ4v) is 8.65. The number of sulfonamides is 1. The second kappa shape index (κ2) is 23.5. The molecule has 0 unspecified atom stereocenters. The molecular weight excluding hydrogens is 727 g/mol. The number of hydrogen-bond acceptors (Lipinski definition) is 10. The van der Waals surface area contributed by atoms with E-state index in [1.54, 1.807) is 41.5 Å². The summed E-state index contributed by atoms with van der Waals surface area (Å²) in [5, 5.41) is 13.1. The van der Waals surface area contributed by atoms with Crippen LogP contribution in [0.4, 0.5) is 0 Å². The molecule has 1 aliphatic heterocycles. The first-order valence-corrected chi connectivity index (χ1v) is 22.6. The minimum atomic E-state index is -3.23. The van der Waals surface area contributed by atoms with Gasteiger partial charge in [-0.1, -0.05) is 95.0 Å². The van der Waals surface area contributed by atoms with E-state index in [1.807, 2.05) is 0 Å². The first-order chi connectivity index (χ1) is 25.6. The highest BCUT2D eigenvalue weighted by Gasteiger charge is 2.30. The lowest BCUT2D eigenvalue weighted by molar-refractivity contribution is -0.162. The number of nitrogens with two attached hydrogens (primary N) is 1. The molecule has 0 aromatic heterocycles.